The van der Waals surface area contributed by atoms with E-state index in [1.807, 2.05) is 11.3 Å². The average molecular weight is 695 g/mol. The van der Waals surface area contributed by atoms with E-state index in [4.69, 9.17) is 0 Å². The third kappa shape index (κ3) is 3.72. The predicted molar refractivity (Wildman–Crippen MR) is 226 cm³/mol. The van der Waals surface area contributed by atoms with Crippen LogP contribution in [0.3, 0.4) is 0 Å². The topological polar surface area (TPSA) is 0 Å². The lowest BCUT2D eigenvalue weighted by Crippen LogP contribution is -2.55. The molecule has 5 aliphatic carbocycles. The van der Waals surface area contributed by atoms with E-state index in [2.05, 4.69) is 146 Å². The van der Waals surface area contributed by atoms with Crippen molar-refractivity contribution in [3.8, 4) is 33.4 Å². The monoisotopic (exact) mass is 694 g/mol. The Morgan fingerprint density at radius 3 is 1.75 bits per heavy atom. The normalized spacial score (nSPS) is 23.9. The van der Waals surface area contributed by atoms with Crippen LogP contribution in [0, 0.1) is 23.7 Å². The van der Waals surface area contributed by atoms with Crippen molar-refractivity contribution in [2.75, 3.05) is 0 Å². The molecule has 0 N–H and O–H groups in total. The number of benzene rings is 8. The minimum absolute atomic E-state index is 0.132. The number of hydrogen-bond acceptors (Lipinski definition) is 1. The first-order chi connectivity index (χ1) is 26.3. The fourth-order valence-corrected chi connectivity index (χ4v) is 14.0. The van der Waals surface area contributed by atoms with Crippen LogP contribution in [-0.4, -0.2) is 0 Å². The minimum Gasteiger partial charge on any atom is -0.135 e. The van der Waals surface area contributed by atoms with Crippen molar-refractivity contribution in [3.63, 3.8) is 0 Å². The quantitative estimate of drug-likeness (QED) is 0.158. The van der Waals surface area contributed by atoms with Gasteiger partial charge in [-0.05, 0) is 151 Å². The molecular weight excluding hydrogens is 657 g/mol. The number of rotatable bonds is 2. The van der Waals surface area contributed by atoms with E-state index < -0.39 is 0 Å². The molecule has 1 heterocycles. The number of thiophene rings is 1. The Hall–Kier alpha value is -5.24. The molecule has 4 bridgehead atoms. The van der Waals surface area contributed by atoms with Gasteiger partial charge in [-0.1, -0.05) is 127 Å². The second-order valence-electron chi connectivity index (χ2n) is 16.8. The molecule has 9 aromatic rings. The number of fused-ring (bicyclic) bond motifs is 10. The van der Waals surface area contributed by atoms with Crippen molar-refractivity contribution >= 4 is 63.8 Å². The van der Waals surface area contributed by atoms with Gasteiger partial charge in [-0.25, -0.2) is 0 Å². The van der Waals surface area contributed by atoms with E-state index in [-0.39, 0.29) is 5.41 Å². The summed E-state index contributed by atoms with van der Waals surface area (Å²) in [5.74, 6) is 3.34. The van der Waals surface area contributed by atoms with Crippen molar-refractivity contribution in [3.05, 3.63) is 157 Å². The van der Waals surface area contributed by atoms with Crippen LogP contribution in [0.1, 0.15) is 43.2 Å². The highest BCUT2D eigenvalue weighted by Crippen LogP contribution is 2.70. The summed E-state index contributed by atoms with van der Waals surface area (Å²) in [6.07, 6.45) is 7.09. The first-order valence-corrected chi connectivity index (χ1v) is 20.6. The van der Waals surface area contributed by atoms with Crippen LogP contribution in [0.5, 0.6) is 0 Å². The summed E-state index contributed by atoms with van der Waals surface area (Å²) in [7, 11) is 0. The molecule has 0 aliphatic heterocycles. The first-order valence-electron chi connectivity index (χ1n) is 19.8. The van der Waals surface area contributed by atoms with Crippen molar-refractivity contribution in [1.29, 1.82) is 0 Å². The number of hydrogen-bond donors (Lipinski definition) is 0. The molecule has 1 heteroatoms. The van der Waals surface area contributed by atoms with Gasteiger partial charge in [0.05, 0.1) is 0 Å². The molecule has 0 nitrogen and oxygen atoms in total. The molecule has 53 heavy (non-hydrogen) atoms. The zero-order valence-corrected chi connectivity index (χ0v) is 30.4. The lowest BCUT2D eigenvalue weighted by molar-refractivity contribution is -0.0393. The van der Waals surface area contributed by atoms with Gasteiger partial charge in [0.1, 0.15) is 0 Å². The van der Waals surface area contributed by atoms with Crippen LogP contribution in [0.4, 0.5) is 0 Å². The fraction of sp³-hybridized carbons (Fsp3) is 0.192. The molecule has 4 fully saturated rings. The van der Waals surface area contributed by atoms with E-state index in [1.165, 1.54) is 118 Å². The summed E-state index contributed by atoms with van der Waals surface area (Å²) in [5, 5.41) is 10.9. The molecule has 252 valence electrons. The van der Waals surface area contributed by atoms with Gasteiger partial charge in [0.15, 0.2) is 0 Å². The molecule has 8 aromatic carbocycles. The highest BCUT2D eigenvalue weighted by atomic mass is 32.1. The smallest absolute Gasteiger partial charge is 0.0361 e. The molecule has 14 rings (SSSR count). The van der Waals surface area contributed by atoms with E-state index >= 15 is 0 Å². The Labute approximate surface area is 313 Å². The Kier molecular flexibility index (Phi) is 5.77. The summed E-state index contributed by atoms with van der Waals surface area (Å²) in [5.41, 5.74) is 11.8. The Bertz CT molecular complexity index is 2940. The van der Waals surface area contributed by atoms with E-state index in [9.17, 15) is 0 Å². The standard InChI is InChI=1S/C52H38S/c1-2-11-36-32(10-1)20-22-41-44-29-33(21-23-45(44)52(51(36)41)34-25-30-24-31(27-34)28-35(52)26-30)48-37-12-3-5-14-39(37)49(40-15-6-4-13-38(40)48)43-17-9-19-47-50(43)42-16-7-8-18-46(42)53-47/h1-23,29-31,34-35H,24-28H2. The molecule has 1 spiro atoms. The second kappa shape index (κ2) is 10.5. The van der Waals surface area contributed by atoms with Crippen LogP contribution in [0.25, 0.3) is 85.9 Å². The van der Waals surface area contributed by atoms with Crippen LogP contribution in [-0.2, 0) is 5.41 Å². The fourth-order valence-electron chi connectivity index (χ4n) is 12.8. The molecule has 0 saturated heterocycles. The third-order valence-corrected chi connectivity index (χ3v) is 15.6. The summed E-state index contributed by atoms with van der Waals surface area (Å²) >= 11 is 1.91. The van der Waals surface area contributed by atoms with Gasteiger partial charge in [0, 0.05) is 25.6 Å². The SMILES string of the molecule is c1ccc2c3c(ccc2c1)-c1cc(-c2c4ccccc4c(-c4cccc5sc6ccccc6c45)c4ccccc24)ccc1C31C2CC3CC(C2)CC1C3. The maximum Gasteiger partial charge on any atom is 0.0361 e. The molecule has 0 amide bonds. The highest BCUT2D eigenvalue weighted by molar-refractivity contribution is 7.25. The molecule has 0 unspecified atom stereocenters. The van der Waals surface area contributed by atoms with Crippen LogP contribution >= 0.6 is 11.3 Å². The first kappa shape index (κ1) is 29.2. The van der Waals surface area contributed by atoms with Crippen molar-refractivity contribution in [1.82, 2.24) is 0 Å². The average Bonchev–Trinajstić information content (AvgIpc) is 3.73. The molecule has 5 aliphatic rings. The van der Waals surface area contributed by atoms with E-state index in [0.717, 1.165) is 23.7 Å². The van der Waals surface area contributed by atoms with Crippen molar-refractivity contribution in [2.24, 2.45) is 23.7 Å². The van der Waals surface area contributed by atoms with Crippen molar-refractivity contribution < 1.29 is 0 Å². The van der Waals surface area contributed by atoms with Gasteiger partial charge >= 0.3 is 0 Å². The van der Waals surface area contributed by atoms with E-state index in [0.29, 0.717) is 0 Å². The van der Waals surface area contributed by atoms with Gasteiger partial charge in [-0.2, -0.15) is 0 Å². The van der Waals surface area contributed by atoms with Crippen LogP contribution in [0.2, 0.25) is 0 Å². The zero-order valence-electron chi connectivity index (χ0n) is 29.6. The summed E-state index contributed by atoms with van der Waals surface area (Å²) in [4.78, 5) is 0. The van der Waals surface area contributed by atoms with Crippen LogP contribution < -0.4 is 0 Å². The summed E-state index contributed by atoms with van der Waals surface area (Å²) < 4.78 is 2.70. The molecule has 1 aromatic heterocycles. The molecule has 4 saturated carbocycles. The Balaban J connectivity index is 1.10. The minimum atomic E-state index is 0.132. The molecule has 0 atom stereocenters. The van der Waals surface area contributed by atoms with Gasteiger partial charge in [0.25, 0.3) is 0 Å². The van der Waals surface area contributed by atoms with E-state index in [1.54, 1.807) is 11.1 Å². The Morgan fingerprint density at radius 1 is 0.434 bits per heavy atom. The zero-order chi connectivity index (χ0) is 34.4. The largest absolute Gasteiger partial charge is 0.135 e. The van der Waals surface area contributed by atoms with Gasteiger partial charge in [-0.3, -0.25) is 0 Å². The lowest BCUT2D eigenvalue weighted by atomic mass is 9.43. The van der Waals surface area contributed by atoms with Gasteiger partial charge in [-0.15, -0.1) is 11.3 Å². The maximum atomic E-state index is 2.61. The molecular formula is C52H38S. The third-order valence-electron chi connectivity index (χ3n) is 14.4. The summed E-state index contributed by atoms with van der Waals surface area (Å²) in [6.45, 7) is 0. The lowest BCUT2D eigenvalue weighted by Gasteiger charge is -2.61. The predicted octanol–water partition coefficient (Wildman–Crippen LogP) is 14.6. The van der Waals surface area contributed by atoms with Crippen LogP contribution in [0.15, 0.2) is 146 Å². The van der Waals surface area contributed by atoms with Gasteiger partial charge in [0.2, 0.25) is 0 Å². The molecule has 0 radical (unpaired) electrons. The maximum absolute atomic E-state index is 2.61. The van der Waals surface area contributed by atoms with Crippen molar-refractivity contribution in [2.45, 2.75) is 37.5 Å². The summed E-state index contributed by atoms with van der Waals surface area (Å²) in [6, 6.07) is 56.2. The highest BCUT2D eigenvalue weighted by Gasteiger charge is 2.62. The second-order valence-corrected chi connectivity index (χ2v) is 17.8. The van der Waals surface area contributed by atoms with Gasteiger partial charge < -0.3 is 0 Å². The Morgan fingerprint density at radius 2 is 1.04 bits per heavy atom.